The minimum Gasteiger partial charge on any atom is -0.399 e. The molecule has 0 radical (unpaired) electrons. The molecule has 1 atom stereocenters. The van der Waals surface area contributed by atoms with Crippen molar-refractivity contribution in [3.63, 3.8) is 0 Å². The average molecular weight is 492 g/mol. The number of halogens is 2. The predicted molar refractivity (Wildman–Crippen MR) is 118 cm³/mol. The quantitative estimate of drug-likeness (QED) is 0.318. The van der Waals surface area contributed by atoms with Crippen LogP contribution >= 0.6 is 28.4 Å². The molecule has 0 N–H and O–H groups in total. The Morgan fingerprint density at radius 1 is 1.12 bits per heavy atom. The van der Waals surface area contributed by atoms with Crippen molar-refractivity contribution >= 4 is 51.9 Å². The maximum atomic E-state index is 14.0. The van der Waals surface area contributed by atoms with E-state index in [0.717, 1.165) is 10.9 Å². The highest BCUT2D eigenvalue weighted by atomic mass is 127. The zero-order valence-electron chi connectivity index (χ0n) is 16.4. The molecule has 0 bridgehead atoms. The van der Waals surface area contributed by atoms with Gasteiger partial charge in [0.1, 0.15) is 5.82 Å². The fraction of sp³-hybridized carbons (Fsp3) is 0.611. The number of aromatic nitrogens is 2. The van der Waals surface area contributed by atoms with Gasteiger partial charge in [-0.3, -0.25) is 0 Å². The number of nitrogens with zero attached hydrogens (tertiary/aromatic N) is 2. The molecule has 1 aromatic carbocycles. The fourth-order valence-corrected chi connectivity index (χ4v) is 3.88. The van der Waals surface area contributed by atoms with E-state index < -0.39 is 18.3 Å². The van der Waals surface area contributed by atoms with Gasteiger partial charge in [-0.2, -0.15) is 5.10 Å². The molecule has 1 aliphatic heterocycles. The lowest BCUT2D eigenvalue weighted by atomic mass is 9.77. The fourth-order valence-electron chi connectivity index (χ4n) is 2.35. The topological polar surface area (TPSA) is 36.3 Å². The van der Waals surface area contributed by atoms with Gasteiger partial charge in [0.25, 0.3) is 0 Å². The van der Waals surface area contributed by atoms with E-state index >= 15 is 0 Å². The number of hydrogen-bond donors (Lipinski definition) is 0. The zero-order valence-corrected chi connectivity index (χ0v) is 19.6. The predicted octanol–water partition coefficient (Wildman–Crippen LogP) is 5.46. The van der Waals surface area contributed by atoms with E-state index in [9.17, 15) is 4.39 Å². The average Bonchev–Trinajstić information content (AvgIpc) is 3.38. The maximum Gasteiger partial charge on any atom is 0.495 e. The van der Waals surface area contributed by atoms with Crippen LogP contribution in [-0.2, 0) is 9.31 Å². The third-order valence-corrected chi connectivity index (χ3v) is 6.51. The van der Waals surface area contributed by atoms with E-state index in [1.165, 1.54) is 31.4 Å². The van der Waals surface area contributed by atoms with E-state index in [-0.39, 0.29) is 5.82 Å². The monoisotopic (exact) mass is 492 g/mol. The van der Waals surface area contributed by atoms with Crippen LogP contribution in [0.2, 0.25) is 0 Å². The van der Waals surface area contributed by atoms with Gasteiger partial charge >= 0.3 is 7.12 Å². The Hall–Kier alpha value is -0.235. The summed E-state index contributed by atoms with van der Waals surface area (Å²) in [4.78, 5) is 0. The second-order valence-electron chi connectivity index (χ2n) is 7.22. The van der Waals surface area contributed by atoms with E-state index in [4.69, 9.17) is 9.31 Å². The smallest absolute Gasteiger partial charge is 0.399 e. The van der Waals surface area contributed by atoms with Crippen molar-refractivity contribution in [2.75, 3.05) is 0 Å². The molecule has 0 spiro atoms. The Morgan fingerprint density at radius 3 is 2.12 bits per heavy atom. The van der Waals surface area contributed by atoms with Crippen molar-refractivity contribution in [1.29, 1.82) is 0 Å². The van der Waals surface area contributed by atoms with Gasteiger partial charge in [-0.1, -0.05) is 33.1 Å². The van der Waals surface area contributed by atoms with E-state index in [1.54, 1.807) is 10.6 Å². The molecule has 2 fully saturated rings. The molecule has 26 heavy (non-hydrogen) atoms. The summed E-state index contributed by atoms with van der Waals surface area (Å²) in [5.74, 6) is -0.302. The molecule has 8 heteroatoms. The lowest BCUT2D eigenvalue weighted by Gasteiger charge is -2.32. The van der Waals surface area contributed by atoms with Crippen molar-refractivity contribution in [3.05, 3.63) is 24.1 Å². The summed E-state index contributed by atoms with van der Waals surface area (Å²) >= 11 is 2.22. The summed E-state index contributed by atoms with van der Waals surface area (Å²) in [7, 11) is -0.580. The lowest BCUT2D eigenvalue weighted by molar-refractivity contribution is 0.00578. The largest absolute Gasteiger partial charge is 0.495 e. The summed E-state index contributed by atoms with van der Waals surface area (Å²) in [6.45, 7) is 11.9. The van der Waals surface area contributed by atoms with Crippen LogP contribution in [0.15, 0.2) is 18.3 Å². The first-order chi connectivity index (χ1) is 12.2. The van der Waals surface area contributed by atoms with Crippen LogP contribution in [0.3, 0.4) is 0 Å². The van der Waals surface area contributed by atoms with Crippen LogP contribution in [0.4, 0.5) is 4.39 Å². The molecular weight excluding hydrogens is 464 g/mol. The van der Waals surface area contributed by atoms with E-state index in [0.29, 0.717) is 11.8 Å². The Bertz CT molecular complexity index is 733. The van der Waals surface area contributed by atoms with Crippen molar-refractivity contribution < 1.29 is 13.7 Å². The molecule has 1 aromatic heterocycles. The van der Waals surface area contributed by atoms with Crippen molar-refractivity contribution in [3.8, 4) is 0 Å². The van der Waals surface area contributed by atoms with Crippen LogP contribution in [-0.4, -0.2) is 27.9 Å². The molecule has 4 rings (SSSR count). The van der Waals surface area contributed by atoms with Gasteiger partial charge in [0.2, 0.25) is 0 Å². The molecule has 2 aliphatic rings. The summed E-state index contributed by atoms with van der Waals surface area (Å²) in [6.07, 6.45) is 6.67. The molecule has 4 nitrogen and oxygen atoms in total. The number of rotatable bonds is 2. The first-order valence-corrected chi connectivity index (χ1v) is 13.2. The summed E-state index contributed by atoms with van der Waals surface area (Å²) in [6, 6.07) is 2.98. The third kappa shape index (κ3) is 4.78. The molecule has 144 valence electrons. The number of fused-ring (bicyclic) bond motifs is 1. The third-order valence-electron chi connectivity index (χ3n) is 4.63. The molecule has 0 amide bonds. The Kier molecular flexibility index (Phi) is 7.50. The lowest BCUT2D eigenvalue weighted by Crippen LogP contribution is -2.41. The minimum absolute atomic E-state index is 0.302. The minimum atomic E-state index is -0.580. The van der Waals surface area contributed by atoms with Crippen molar-refractivity contribution in [1.82, 2.24) is 9.55 Å². The highest BCUT2D eigenvalue weighted by molar-refractivity contribution is 14.2. The summed E-state index contributed by atoms with van der Waals surface area (Å²) in [5.41, 5.74) is 0.575. The van der Waals surface area contributed by atoms with Gasteiger partial charge in [0, 0.05) is 11.5 Å². The van der Waals surface area contributed by atoms with Crippen LogP contribution < -0.4 is 5.46 Å². The standard InChI is InChI=1S/C13H16BFIN2O2P.C3H6.C2H6/c1-12(2)13(3,4)20-14(19-12)10-5-8(15)6-11-9(10)7-17-18(11)21-16;1-2-3-1;1-2/h5-7,21H,1-4H3;1-3H2;1-2H3. The molecule has 2 heterocycles. The Morgan fingerprint density at radius 2 is 1.65 bits per heavy atom. The van der Waals surface area contributed by atoms with Gasteiger partial charge in [-0.05, 0) is 61.3 Å². The van der Waals surface area contributed by atoms with Gasteiger partial charge in [-0.15, -0.1) is 0 Å². The first kappa shape index (κ1) is 22.1. The Balaban J connectivity index is 0.000000429. The molecule has 1 aliphatic carbocycles. The SMILES string of the molecule is C1CC1.CC.CC1(C)OB(c2cc(F)cc3c2cnn3PI)OC1(C)C. The second kappa shape index (κ2) is 8.85. The summed E-state index contributed by atoms with van der Waals surface area (Å²) < 4.78 is 27.8. The van der Waals surface area contributed by atoms with Gasteiger partial charge in [-0.25, -0.2) is 8.84 Å². The highest BCUT2D eigenvalue weighted by Crippen LogP contribution is 2.37. The molecule has 1 unspecified atom stereocenters. The van der Waals surface area contributed by atoms with Crippen molar-refractivity contribution in [2.45, 2.75) is 72.0 Å². The van der Waals surface area contributed by atoms with Gasteiger partial charge in [0.05, 0.1) is 29.3 Å². The maximum absolute atomic E-state index is 14.0. The van der Waals surface area contributed by atoms with E-state index in [1.807, 2.05) is 41.5 Å². The molecule has 2 aromatic rings. The Labute approximate surface area is 171 Å². The molecular formula is C18H28BFIN2O2P. The normalized spacial score (nSPS) is 19.9. The van der Waals surface area contributed by atoms with Gasteiger partial charge < -0.3 is 9.31 Å². The van der Waals surface area contributed by atoms with Crippen LogP contribution in [0.1, 0.15) is 60.8 Å². The number of benzene rings is 1. The van der Waals surface area contributed by atoms with E-state index in [2.05, 4.69) is 27.1 Å². The summed E-state index contributed by atoms with van der Waals surface area (Å²) in [5, 5.41) is 5.18. The second-order valence-corrected chi connectivity index (χ2v) is 9.26. The first-order valence-electron chi connectivity index (χ1n) is 9.15. The van der Waals surface area contributed by atoms with Crippen molar-refractivity contribution in [2.24, 2.45) is 0 Å². The van der Waals surface area contributed by atoms with Gasteiger partial charge in [0.15, 0.2) is 0 Å². The molecule has 1 saturated heterocycles. The molecule has 1 saturated carbocycles. The van der Waals surface area contributed by atoms with Crippen LogP contribution in [0, 0.1) is 5.82 Å². The van der Waals surface area contributed by atoms with Crippen LogP contribution in [0.5, 0.6) is 0 Å². The highest BCUT2D eigenvalue weighted by Gasteiger charge is 2.52. The van der Waals surface area contributed by atoms with Crippen LogP contribution in [0.25, 0.3) is 10.9 Å². The number of hydrogen-bond acceptors (Lipinski definition) is 3. The zero-order chi connectivity index (χ0) is 19.5.